The molecule has 1 heterocycles. The maximum absolute atomic E-state index is 12.0. The number of carbonyl (C=O) groups excluding carboxylic acids is 1. The molecule has 1 aliphatic heterocycles. The van der Waals surface area contributed by atoms with E-state index in [0.29, 0.717) is 18.5 Å². The van der Waals surface area contributed by atoms with Gasteiger partial charge in [0.15, 0.2) is 0 Å². The first kappa shape index (κ1) is 12.8. The Labute approximate surface area is 104 Å². The summed E-state index contributed by atoms with van der Waals surface area (Å²) < 4.78 is 0. The summed E-state index contributed by atoms with van der Waals surface area (Å²) in [4.78, 5) is 16.1. The van der Waals surface area contributed by atoms with E-state index in [0.717, 1.165) is 19.0 Å². The van der Waals surface area contributed by atoms with Crippen LogP contribution in [0.2, 0.25) is 0 Å². The van der Waals surface area contributed by atoms with E-state index < -0.39 is 0 Å². The third kappa shape index (κ3) is 2.63. The molecular weight excluding hydrogens is 214 g/mol. The summed E-state index contributed by atoms with van der Waals surface area (Å²) in [6, 6.07) is 0.648. The Hall–Kier alpha value is -0.610. The van der Waals surface area contributed by atoms with Crippen molar-refractivity contribution in [3.63, 3.8) is 0 Å². The summed E-state index contributed by atoms with van der Waals surface area (Å²) in [5.41, 5.74) is 6.10. The van der Waals surface area contributed by atoms with Crippen LogP contribution >= 0.6 is 0 Å². The van der Waals surface area contributed by atoms with Crippen LogP contribution in [-0.4, -0.2) is 54.5 Å². The minimum atomic E-state index is 0.230. The van der Waals surface area contributed by atoms with Crippen molar-refractivity contribution in [1.82, 2.24) is 9.80 Å². The van der Waals surface area contributed by atoms with Crippen LogP contribution in [0.25, 0.3) is 0 Å². The quantitative estimate of drug-likeness (QED) is 0.781. The van der Waals surface area contributed by atoms with Gasteiger partial charge >= 0.3 is 0 Å². The lowest BCUT2D eigenvalue weighted by Crippen LogP contribution is -2.41. The molecule has 17 heavy (non-hydrogen) atoms. The van der Waals surface area contributed by atoms with Crippen molar-refractivity contribution in [2.45, 2.75) is 38.8 Å². The van der Waals surface area contributed by atoms with Gasteiger partial charge in [-0.1, -0.05) is 0 Å². The Bertz CT molecular complexity index is 292. The van der Waals surface area contributed by atoms with Crippen LogP contribution in [0.15, 0.2) is 0 Å². The number of rotatable bonds is 3. The monoisotopic (exact) mass is 239 g/mol. The average molecular weight is 239 g/mol. The van der Waals surface area contributed by atoms with E-state index in [2.05, 4.69) is 4.90 Å². The lowest BCUT2D eigenvalue weighted by atomic mass is 9.98. The Morgan fingerprint density at radius 3 is 2.71 bits per heavy atom. The minimum absolute atomic E-state index is 0.230. The van der Waals surface area contributed by atoms with E-state index in [1.165, 1.54) is 12.8 Å². The number of hydrogen-bond acceptors (Lipinski definition) is 3. The van der Waals surface area contributed by atoms with Crippen LogP contribution in [0.4, 0.5) is 0 Å². The highest BCUT2D eigenvalue weighted by Gasteiger charge is 2.41. The molecule has 4 heteroatoms. The maximum atomic E-state index is 12.0. The van der Waals surface area contributed by atoms with Crippen LogP contribution in [-0.2, 0) is 4.79 Å². The Balaban J connectivity index is 1.84. The van der Waals surface area contributed by atoms with E-state index in [4.69, 9.17) is 5.73 Å². The normalized spacial score (nSPS) is 33.1. The second-order valence-corrected chi connectivity index (χ2v) is 5.96. The molecule has 2 aliphatic rings. The fraction of sp³-hybridized carbons (Fsp3) is 0.923. The summed E-state index contributed by atoms with van der Waals surface area (Å²) in [5, 5.41) is 0. The van der Waals surface area contributed by atoms with Gasteiger partial charge in [-0.15, -0.1) is 0 Å². The molecule has 0 bridgehead atoms. The highest BCUT2D eigenvalue weighted by atomic mass is 16.2. The van der Waals surface area contributed by atoms with Gasteiger partial charge in [-0.25, -0.2) is 0 Å². The van der Waals surface area contributed by atoms with Crippen LogP contribution in [0.3, 0.4) is 0 Å². The molecule has 0 aromatic heterocycles. The number of carbonyl (C=O) groups is 1. The van der Waals surface area contributed by atoms with Gasteiger partial charge in [-0.2, -0.15) is 0 Å². The lowest BCUT2D eigenvalue weighted by Gasteiger charge is -2.25. The second-order valence-electron chi connectivity index (χ2n) is 5.96. The van der Waals surface area contributed by atoms with Gasteiger partial charge in [0.25, 0.3) is 0 Å². The molecule has 0 radical (unpaired) electrons. The summed E-state index contributed by atoms with van der Waals surface area (Å²) >= 11 is 0. The van der Waals surface area contributed by atoms with Gasteiger partial charge in [0.05, 0.1) is 6.54 Å². The molecule has 1 amide bonds. The summed E-state index contributed by atoms with van der Waals surface area (Å²) in [7, 11) is 1.88. The molecule has 4 nitrogen and oxygen atoms in total. The zero-order valence-corrected chi connectivity index (χ0v) is 11.2. The highest BCUT2D eigenvalue weighted by molar-refractivity contribution is 5.78. The molecule has 3 atom stereocenters. The van der Waals surface area contributed by atoms with E-state index in [9.17, 15) is 4.79 Å². The first-order chi connectivity index (χ1) is 7.99. The number of fused-ring (bicyclic) bond motifs is 1. The SMILES string of the molecule is CC(C)N(C)C(=O)CN1CC2CCC(N)C2C1. The summed E-state index contributed by atoms with van der Waals surface area (Å²) in [6.45, 7) is 6.74. The molecule has 2 N–H and O–H groups in total. The van der Waals surface area contributed by atoms with Gasteiger partial charge in [0.2, 0.25) is 5.91 Å². The first-order valence-electron chi connectivity index (χ1n) is 6.72. The van der Waals surface area contributed by atoms with Crippen molar-refractivity contribution in [1.29, 1.82) is 0 Å². The Morgan fingerprint density at radius 1 is 1.41 bits per heavy atom. The predicted molar refractivity (Wildman–Crippen MR) is 68.5 cm³/mol. The number of hydrogen-bond donors (Lipinski definition) is 1. The van der Waals surface area contributed by atoms with Crippen LogP contribution in [0.5, 0.6) is 0 Å². The molecular formula is C13H25N3O. The zero-order valence-electron chi connectivity index (χ0n) is 11.2. The van der Waals surface area contributed by atoms with E-state index in [-0.39, 0.29) is 11.9 Å². The van der Waals surface area contributed by atoms with Gasteiger partial charge in [-0.05, 0) is 38.5 Å². The fourth-order valence-corrected chi connectivity index (χ4v) is 3.12. The Morgan fingerprint density at radius 2 is 2.12 bits per heavy atom. The molecule has 1 saturated carbocycles. The molecule has 2 rings (SSSR count). The number of likely N-dealkylation sites (tertiary alicyclic amines) is 1. The standard InChI is InChI=1S/C13H25N3O/c1-9(2)15(3)13(17)8-16-6-10-4-5-12(14)11(10)7-16/h9-12H,4-8,14H2,1-3H3. The minimum Gasteiger partial charge on any atom is -0.342 e. The highest BCUT2D eigenvalue weighted by Crippen LogP contribution is 2.36. The van der Waals surface area contributed by atoms with Gasteiger partial charge in [-0.3, -0.25) is 9.69 Å². The summed E-state index contributed by atoms with van der Waals surface area (Å²) in [6.07, 6.45) is 2.42. The van der Waals surface area contributed by atoms with Gasteiger partial charge in [0, 0.05) is 32.2 Å². The first-order valence-corrected chi connectivity index (χ1v) is 6.72. The van der Waals surface area contributed by atoms with Crippen LogP contribution in [0, 0.1) is 11.8 Å². The van der Waals surface area contributed by atoms with Crippen molar-refractivity contribution < 1.29 is 4.79 Å². The van der Waals surface area contributed by atoms with E-state index in [1.807, 2.05) is 25.8 Å². The molecule has 0 aromatic rings. The number of likely N-dealkylation sites (N-methyl/N-ethyl adjacent to an activating group) is 1. The molecule has 98 valence electrons. The van der Waals surface area contributed by atoms with Gasteiger partial charge in [0.1, 0.15) is 0 Å². The van der Waals surface area contributed by atoms with E-state index in [1.54, 1.807) is 0 Å². The van der Waals surface area contributed by atoms with Crippen molar-refractivity contribution in [2.75, 3.05) is 26.7 Å². The molecule has 2 fully saturated rings. The lowest BCUT2D eigenvalue weighted by molar-refractivity contribution is -0.132. The van der Waals surface area contributed by atoms with Gasteiger partial charge < -0.3 is 10.6 Å². The molecule has 1 saturated heterocycles. The van der Waals surface area contributed by atoms with Crippen molar-refractivity contribution >= 4 is 5.91 Å². The van der Waals surface area contributed by atoms with Crippen molar-refractivity contribution in [3.05, 3.63) is 0 Å². The van der Waals surface area contributed by atoms with Crippen molar-refractivity contribution in [2.24, 2.45) is 17.6 Å². The second kappa shape index (κ2) is 4.94. The van der Waals surface area contributed by atoms with Crippen LogP contribution in [0.1, 0.15) is 26.7 Å². The summed E-state index contributed by atoms with van der Waals surface area (Å²) in [5.74, 6) is 1.60. The molecule has 1 aliphatic carbocycles. The smallest absolute Gasteiger partial charge is 0.236 e. The fourth-order valence-electron chi connectivity index (χ4n) is 3.12. The Kier molecular flexibility index (Phi) is 3.73. The average Bonchev–Trinajstić information content (AvgIpc) is 2.80. The van der Waals surface area contributed by atoms with E-state index >= 15 is 0 Å². The topological polar surface area (TPSA) is 49.6 Å². The largest absolute Gasteiger partial charge is 0.342 e. The van der Waals surface area contributed by atoms with Crippen LogP contribution < -0.4 is 5.73 Å². The third-order valence-electron chi connectivity index (χ3n) is 4.51. The third-order valence-corrected chi connectivity index (χ3v) is 4.51. The molecule has 0 spiro atoms. The maximum Gasteiger partial charge on any atom is 0.236 e. The number of nitrogens with zero attached hydrogens (tertiary/aromatic N) is 2. The molecule has 3 unspecified atom stereocenters. The zero-order chi connectivity index (χ0) is 12.6. The van der Waals surface area contributed by atoms with Crippen molar-refractivity contribution in [3.8, 4) is 0 Å². The predicted octanol–water partition coefficient (Wildman–Crippen LogP) is 0.522. The number of amides is 1. The molecule has 0 aromatic carbocycles. The number of nitrogens with two attached hydrogens (primary N) is 1.